The topological polar surface area (TPSA) is 39.3 Å². The van der Waals surface area contributed by atoms with Crippen molar-refractivity contribution in [1.29, 1.82) is 0 Å². The van der Waals surface area contributed by atoms with E-state index in [-0.39, 0.29) is 5.56 Å². The number of fused-ring (bicyclic) bond motifs is 10. The van der Waals surface area contributed by atoms with Crippen LogP contribution in [0.4, 0.5) is 0 Å². The molecule has 0 unspecified atom stereocenters. The van der Waals surface area contributed by atoms with E-state index < -0.39 is 0 Å². The lowest BCUT2D eigenvalue weighted by molar-refractivity contribution is 1.02. The molecule has 8 aromatic rings. The molecular weight excluding hydrogens is 466 g/mol. The van der Waals surface area contributed by atoms with Gasteiger partial charge in [0, 0.05) is 16.2 Å². The molecule has 0 radical (unpaired) electrons. The number of pyridine rings is 2. The molecule has 0 aliphatic rings. The molecule has 0 amide bonds. The van der Waals surface area contributed by atoms with E-state index in [9.17, 15) is 4.79 Å². The van der Waals surface area contributed by atoms with Crippen LogP contribution < -0.4 is 5.56 Å². The zero-order valence-electron chi connectivity index (χ0n) is 20.4. The standard InChI is InChI=1S/C34H21N3O/c38-34-28-18-10-8-16-26(28)31-25-15-7-9-17-27(25)32-35-29-21-23(22-11-3-1-4-12-22)19-20-30(29)37(32)33(31)36(34)24-13-5-2-6-14-24/h1-21H. The highest BCUT2D eigenvalue weighted by molar-refractivity contribution is 6.22. The van der Waals surface area contributed by atoms with Crippen molar-refractivity contribution in [1.82, 2.24) is 14.0 Å². The fourth-order valence-electron chi connectivity index (χ4n) is 5.81. The molecule has 5 aromatic carbocycles. The average molecular weight is 488 g/mol. The quantitative estimate of drug-likeness (QED) is 0.234. The van der Waals surface area contributed by atoms with Crippen molar-refractivity contribution < 1.29 is 0 Å². The molecule has 0 spiro atoms. The van der Waals surface area contributed by atoms with Gasteiger partial charge in [0.25, 0.3) is 5.56 Å². The third-order valence-corrected chi connectivity index (χ3v) is 7.49. The number of hydrogen-bond donors (Lipinski definition) is 0. The highest BCUT2D eigenvalue weighted by Gasteiger charge is 2.21. The normalized spacial score (nSPS) is 11.8. The molecule has 0 atom stereocenters. The molecule has 0 bridgehead atoms. The van der Waals surface area contributed by atoms with Crippen LogP contribution in [0.2, 0.25) is 0 Å². The van der Waals surface area contributed by atoms with Crippen molar-refractivity contribution in [3.63, 3.8) is 0 Å². The molecule has 0 aliphatic heterocycles. The Kier molecular flexibility index (Phi) is 4.34. The molecule has 4 heteroatoms. The molecule has 0 saturated heterocycles. The van der Waals surface area contributed by atoms with Crippen LogP contribution in [0, 0.1) is 0 Å². The monoisotopic (exact) mass is 487 g/mol. The van der Waals surface area contributed by atoms with Crippen LogP contribution in [0.25, 0.3) is 66.1 Å². The van der Waals surface area contributed by atoms with E-state index in [1.54, 1.807) is 0 Å². The molecule has 0 saturated carbocycles. The Balaban J connectivity index is 1.66. The third-order valence-electron chi connectivity index (χ3n) is 7.49. The molecule has 0 fully saturated rings. The summed E-state index contributed by atoms with van der Waals surface area (Å²) in [5.74, 6) is 0. The summed E-state index contributed by atoms with van der Waals surface area (Å²) in [6.45, 7) is 0. The van der Waals surface area contributed by atoms with Crippen molar-refractivity contribution in [3.8, 4) is 16.8 Å². The molecule has 3 aromatic heterocycles. The molecule has 8 rings (SSSR count). The van der Waals surface area contributed by atoms with Crippen LogP contribution >= 0.6 is 0 Å². The first-order valence-corrected chi connectivity index (χ1v) is 12.7. The number of imidazole rings is 1. The molecule has 38 heavy (non-hydrogen) atoms. The first kappa shape index (κ1) is 20.9. The lowest BCUT2D eigenvalue weighted by Crippen LogP contribution is -2.21. The van der Waals surface area contributed by atoms with Crippen LogP contribution in [-0.4, -0.2) is 14.0 Å². The maximum atomic E-state index is 14.1. The lowest BCUT2D eigenvalue weighted by atomic mass is 10.0. The molecule has 3 heterocycles. The Morgan fingerprint density at radius 1 is 0.553 bits per heavy atom. The summed E-state index contributed by atoms with van der Waals surface area (Å²) in [4.78, 5) is 19.3. The summed E-state index contributed by atoms with van der Waals surface area (Å²) in [7, 11) is 0. The summed E-state index contributed by atoms with van der Waals surface area (Å²) in [6.07, 6.45) is 0. The first-order valence-electron chi connectivity index (χ1n) is 12.7. The second kappa shape index (κ2) is 7.89. The van der Waals surface area contributed by atoms with Crippen molar-refractivity contribution in [3.05, 3.63) is 138 Å². The van der Waals surface area contributed by atoms with Gasteiger partial charge in [-0.1, -0.05) is 97.1 Å². The van der Waals surface area contributed by atoms with E-state index >= 15 is 0 Å². The average Bonchev–Trinajstić information content (AvgIpc) is 3.37. The van der Waals surface area contributed by atoms with Gasteiger partial charge in [-0.2, -0.15) is 0 Å². The number of rotatable bonds is 2. The van der Waals surface area contributed by atoms with Crippen LogP contribution in [0.15, 0.2) is 132 Å². The van der Waals surface area contributed by atoms with Gasteiger partial charge in [0.05, 0.1) is 16.7 Å². The molecule has 4 nitrogen and oxygen atoms in total. The number of nitrogens with zero attached hydrogens (tertiary/aromatic N) is 3. The molecule has 178 valence electrons. The van der Waals surface area contributed by atoms with Gasteiger partial charge in [0.1, 0.15) is 11.3 Å². The van der Waals surface area contributed by atoms with Gasteiger partial charge in [0.15, 0.2) is 0 Å². The summed E-state index contributed by atoms with van der Waals surface area (Å²) in [5, 5.41) is 4.82. The van der Waals surface area contributed by atoms with E-state index in [0.717, 1.165) is 60.7 Å². The fourth-order valence-corrected chi connectivity index (χ4v) is 5.81. The summed E-state index contributed by atoms with van der Waals surface area (Å²) < 4.78 is 4.02. The smallest absolute Gasteiger partial charge is 0.264 e. The predicted molar refractivity (Wildman–Crippen MR) is 156 cm³/mol. The predicted octanol–water partition coefficient (Wildman–Crippen LogP) is 7.77. The van der Waals surface area contributed by atoms with E-state index in [1.165, 1.54) is 0 Å². The van der Waals surface area contributed by atoms with Gasteiger partial charge in [-0.3, -0.25) is 13.8 Å². The van der Waals surface area contributed by atoms with E-state index in [0.29, 0.717) is 5.39 Å². The number of hydrogen-bond acceptors (Lipinski definition) is 2. The zero-order valence-corrected chi connectivity index (χ0v) is 20.4. The van der Waals surface area contributed by atoms with Gasteiger partial charge in [0.2, 0.25) is 0 Å². The van der Waals surface area contributed by atoms with Gasteiger partial charge in [-0.05, 0) is 52.2 Å². The second-order valence-corrected chi connectivity index (χ2v) is 9.61. The molecular formula is C34H21N3O. The van der Waals surface area contributed by atoms with Crippen LogP contribution in [0.1, 0.15) is 0 Å². The SMILES string of the molecule is O=c1c2ccccc2c2c3ccccc3c3nc4cc(-c5ccccc5)ccc4n3c2n1-c1ccccc1. The van der Waals surface area contributed by atoms with Gasteiger partial charge >= 0.3 is 0 Å². The Morgan fingerprint density at radius 3 is 1.89 bits per heavy atom. The Hall–Kier alpha value is -5.22. The number of para-hydroxylation sites is 1. The van der Waals surface area contributed by atoms with Gasteiger partial charge in [-0.25, -0.2) is 4.98 Å². The third kappa shape index (κ3) is 2.86. The summed E-state index contributed by atoms with van der Waals surface area (Å²) >= 11 is 0. The maximum Gasteiger partial charge on any atom is 0.264 e. The highest BCUT2D eigenvalue weighted by Crippen LogP contribution is 2.37. The fraction of sp³-hybridized carbons (Fsp3) is 0. The van der Waals surface area contributed by atoms with Crippen molar-refractivity contribution in [2.45, 2.75) is 0 Å². The molecule has 0 N–H and O–H groups in total. The minimum Gasteiger partial charge on any atom is -0.277 e. The van der Waals surface area contributed by atoms with Crippen molar-refractivity contribution >= 4 is 49.3 Å². The first-order chi connectivity index (χ1) is 18.8. The number of aromatic nitrogens is 3. The van der Waals surface area contributed by atoms with Crippen LogP contribution in [0.3, 0.4) is 0 Å². The summed E-state index contributed by atoms with van der Waals surface area (Å²) in [6, 6.07) is 42.9. The maximum absolute atomic E-state index is 14.1. The Labute approximate surface area is 217 Å². The van der Waals surface area contributed by atoms with E-state index in [2.05, 4.69) is 65.1 Å². The largest absolute Gasteiger partial charge is 0.277 e. The van der Waals surface area contributed by atoms with Crippen LogP contribution in [-0.2, 0) is 0 Å². The lowest BCUT2D eigenvalue weighted by Gasteiger charge is -2.17. The zero-order chi connectivity index (χ0) is 25.2. The van der Waals surface area contributed by atoms with Crippen LogP contribution in [0.5, 0.6) is 0 Å². The minimum atomic E-state index is -0.0429. The van der Waals surface area contributed by atoms with Gasteiger partial charge in [-0.15, -0.1) is 0 Å². The van der Waals surface area contributed by atoms with E-state index in [1.807, 2.05) is 71.3 Å². The Morgan fingerprint density at radius 2 is 1.16 bits per heavy atom. The van der Waals surface area contributed by atoms with Gasteiger partial charge < -0.3 is 0 Å². The minimum absolute atomic E-state index is 0.0429. The Bertz CT molecular complexity index is 2240. The van der Waals surface area contributed by atoms with Crippen molar-refractivity contribution in [2.75, 3.05) is 0 Å². The molecule has 0 aliphatic carbocycles. The van der Waals surface area contributed by atoms with E-state index in [4.69, 9.17) is 4.98 Å². The second-order valence-electron chi connectivity index (χ2n) is 9.61. The highest BCUT2D eigenvalue weighted by atomic mass is 16.1. The van der Waals surface area contributed by atoms with Crippen molar-refractivity contribution in [2.24, 2.45) is 0 Å². The number of benzene rings is 5. The summed E-state index contributed by atoms with van der Waals surface area (Å²) in [5.41, 5.74) is 6.57.